The Labute approximate surface area is 144 Å². The third kappa shape index (κ3) is 2.79. The first kappa shape index (κ1) is 15.8. The Balaban J connectivity index is 1.62. The minimum absolute atomic E-state index is 0.167. The van der Waals surface area contributed by atoms with E-state index in [2.05, 4.69) is 26.4 Å². The van der Waals surface area contributed by atoms with Crippen LogP contribution in [0.15, 0.2) is 30.9 Å². The van der Waals surface area contributed by atoms with Gasteiger partial charge in [0.25, 0.3) is 5.91 Å². The standard InChI is InChI=1S/C18H20FN5O/c1-2-16-20-5-7-24(16)13-4-3-6-23(10-13)18(25)14-8-12(19)9-15-17(14)22-11-21-15/h5,7-9,11,13H,2-4,6,10H2,1H3,(H,21,22)/t13-/m1/s1. The van der Waals surface area contributed by atoms with Crippen molar-refractivity contribution in [2.45, 2.75) is 32.2 Å². The minimum Gasteiger partial charge on any atom is -0.344 e. The molecule has 0 spiro atoms. The molecule has 1 atom stereocenters. The number of imidazole rings is 2. The number of rotatable bonds is 3. The van der Waals surface area contributed by atoms with Crippen LogP contribution in [0.2, 0.25) is 0 Å². The second-order valence-electron chi connectivity index (χ2n) is 6.40. The number of nitrogens with zero attached hydrogens (tertiary/aromatic N) is 4. The van der Waals surface area contributed by atoms with E-state index in [1.807, 2.05) is 6.20 Å². The zero-order valence-corrected chi connectivity index (χ0v) is 14.1. The van der Waals surface area contributed by atoms with E-state index in [-0.39, 0.29) is 11.9 Å². The van der Waals surface area contributed by atoms with Crippen molar-refractivity contribution in [3.8, 4) is 0 Å². The van der Waals surface area contributed by atoms with Gasteiger partial charge in [-0.2, -0.15) is 0 Å². The van der Waals surface area contributed by atoms with Crippen molar-refractivity contribution < 1.29 is 9.18 Å². The van der Waals surface area contributed by atoms with E-state index in [4.69, 9.17) is 0 Å². The van der Waals surface area contributed by atoms with Crippen molar-refractivity contribution in [3.05, 3.63) is 48.1 Å². The number of aromatic amines is 1. The van der Waals surface area contributed by atoms with Gasteiger partial charge < -0.3 is 14.5 Å². The van der Waals surface area contributed by atoms with Gasteiger partial charge >= 0.3 is 0 Å². The molecule has 3 heterocycles. The molecule has 130 valence electrons. The van der Waals surface area contributed by atoms with Crippen LogP contribution in [0.3, 0.4) is 0 Å². The summed E-state index contributed by atoms with van der Waals surface area (Å²) in [6.45, 7) is 3.35. The summed E-state index contributed by atoms with van der Waals surface area (Å²) in [6, 6.07) is 2.85. The van der Waals surface area contributed by atoms with Crippen molar-refractivity contribution in [2.24, 2.45) is 0 Å². The Hall–Kier alpha value is -2.70. The Morgan fingerprint density at radius 2 is 2.28 bits per heavy atom. The lowest BCUT2D eigenvalue weighted by atomic mass is 10.0. The Morgan fingerprint density at radius 3 is 3.12 bits per heavy atom. The first-order valence-corrected chi connectivity index (χ1v) is 8.61. The average molecular weight is 341 g/mol. The number of likely N-dealkylation sites (tertiary alicyclic amines) is 1. The number of piperidine rings is 1. The molecule has 1 amide bonds. The summed E-state index contributed by atoms with van der Waals surface area (Å²) in [4.78, 5) is 26.3. The van der Waals surface area contributed by atoms with Gasteiger partial charge in [-0.1, -0.05) is 6.92 Å². The molecule has 1 fully saturated rings. The molecule has 6 nitrogen and oxygen atoms in total. The third-order valence-corrected chi connectivity index (χ3v) is 4.86. The summed E-state index contributed by atoms with van der Waals surface area (Å²) in [5, 5.41) is 0. The predicted octanol–water partition coefficient (Wildman–Crippen LogP) is 2.94. The topological polar surface area (TPSA) is 66.8 Å². The molecule has 25 heavy (non-hydrogen) atoms. The zero-order chi connectivity index (χ0) is 17.4. The molecular formula is C18H20FN5O. The first-order valence-electron chi connectivity index (χ1n) is 8.61. The minimum atomic E-state index is -0.434. The van der Waals surface area contributed by atoms with Crippen LogP contribution < -0.4 is 0 Å². The summed E-state index contributed by atoms with van der Waals surface area (Å²) in [7, 11) is 0. The molecule has 1 N–H and O–H groups in total. The highest BCUT2D eigenvalue weighted by Gasteiger charge is 2.28. The largest absolute Gasteiger partial charge is 0.344 e. The maximum absolute atomic E-state index is 13.9. The maximum Gasteiger partial charge on any atom is 0.256 e. The number of benzene rings is 1. The number of fused-ring (bicyclic) bond motifs is 1. The number of hydrogen-bond acceptors (Lipinski definition) is 3. The fourth-order valence-corrected chi connectivity index (χ4v) is 3.66. The van der Waals surface area contributed by atoms with Crippen LogP contribution in [-0.2, 0) is 6.42 Å². The highest BCUT2D eigenvalue weighted by molar-refractivity contribution is 6.04. The maximum atomic E-state index is 13.9. The van der Waals surface area contributed by atoms with Crippen molar-refractivity contribution in [1.29, 1.82) is 0 Å². The Kier molecular flexibility index (Phi) is 3.99. The lowest BCUT2D eigenvalue weighted by molar-refractivity contribution is 0.0679. The fourth-order valence-electron chi connectivity index (χ4n) is 3.66. The molecule has 4 rings (SSSR count). The van der Waals surface area contributed by atoms with Crippen molar-refractivity contribution in [3.63, 3.8) is 0 Å². The van der Waals surface area contributed by atoms with E-state index in [0.29, 0.717) is 29.7 Å². The van der Waals surface area contributed by atoms with Gasteiger partial charge in [-0.25, -0.2) is 14.4 Å². The highest BCUT2D eigenvalue weighted by atomic mass is 19.1. The smallest absolute Gasteiger partial charge is 0.256 e. The lowest BCUT2D eigenvalue weighted by Crippen LogP contribution is -2.41. The number of aromatic nitrogens is 4. The Bertz CT molecular complexity index is 915. The molecule has 7 heteroatoms. The zero-order valence-electron chi connectivity index (χ0n) is 14.1. The average Bonchev–Trinajstić information content (AvgIpc) is 3.29. The molecular weight excluding hydrogens is 321 g/mol. The van der Waals surface area contributed by atoms with Gasteiger partial charge in [0, 0.05) is 31.9 Å². The number of carbonyl (C=O) groups excluding carboxylic acids is 1. The summed E-state index contributed by atoms with van der Waals surface area (Å²) in [6.07, 6.45) is 8.05. The molecule has 0 radical (unpaired) electrons. The van der Waals surface area contributed by atoms with E-state index >= 15 is 0 Å². The van der Waals surface area contributed by atoms with Crippen LogP contribution in [0.25, 0.3) is 11.0 Å². The van der Waals surface area contributed by atoms with Crippen LogP contribution in [0, 0.1) is 5.82 Å². The summed E-state index contributed by atoms with van der Waals surface area (Å²) in [5.74, 6) is 0.427. The highest BCUT2D eigenvalue weighted by Crippen LogP contribution is 2.26. The predicted molar refractivity (Wildman–Crippen MR) is 91.8 cm³/mol. The lowest BCUT2D eigenvalue weighted by Gasteiger charge is -2.34. The van der Waals surface area contributed by atoms with E-state index in [0.717, 1.165) is 25.1 Å². The normalized spacial score (nSPS) is 18.0. The van der Waals surface area contributed by atoms with Crippen molar-refractivity contribution in [1.82, 2.24) is 24.4 Å². The number of halogens is 1. The van der Waals surface area contributed by atoms with Gasteiger partial charge in [0.1, 0.15) is 17.2 Å². The van der Waals surface area contributed by atoms with E-state index < -0.39 is 5.82 Å². The molecule has 0 aliphatic carbocycles. The number of H-pyrrole nitrogens is 1. The van der Waals surface area contributed by atoms with Crippen LogP contribution in [-0.4, -0.2) is 43.4 Å². The van der Waals surface area contributed by atoms with Gasteiger partial charge in [-0.05, 0) is 25.0 Å². The van der Waals surface area contributed by atoms with Crippen molar-refractivity contribution in [2.75, 3.05) is 13.1 Å². The number of carbonyl (C=O) groups is 1. The quantitative estimate of drug-likeness (QED) is 0.796. The van der Waals surface area contributed by atoms with Gasteiger partial charge in [-0.3, -0.25) is 4.79 Å². The van der Waals surface area contributed by atoms with E-state index in [9.17, 15) is 9.18 Å². The molecule has 0 unspecified atom stereocenters. The number of aryl methyl sites for hydroxylation is 1. The number of nitrogens with one attached hydrogen (secondary N) is 1. The van der Waals surface area contributed by atoms with Gasteiger partial charge in [0.15, 0.2) is 0 Å². The van der Waals surface area contributed by atoms with Gasteiger partial charge in [-0.15, -0.1) is 0 Å². The molecule has 1 saturated heterocycles. The molecule has 1 aliphatic heterocycles. The van der Waals surface area contributed by atoms with Crippen LogP contribution in [0.5, 0.6) is 0 Å². The molecule has 3 aromatic rings. The van der Waals surface area contributed by atoms with Crippen molar-refractivity contribution >= 4 is 16.9 Å². The van der Waals surface area contributed by atoms with Gasteiger partial charge in [0.2, 0.25) is 0 Å². The summed E-state index contributed by atoms with van der Waals surface area (Å²) in [5.41, 5.74) is 1.38. The number of hydrogen-bond donors (Lipinski definition) is 1. The molecule has 2 aromatic heterocycles. The van der Waals surface area contributed by atoms with E-state index in [1.54, 1.807) is 11.1 Å². The van der Waals surface area contributed by atoms with Crippen LogP contribution >= 0.6 is 0 Å². The monoisotopic (exact) mass is 341 g/mol. The fraction of sp³-hybridized carbons (Fsp3) is 0.389. The van der Waals surface area contributed by atoms with Crippen LogP contribution in [0.1, 0.15) is 42.0 Å². The first-order chi connectivity index (χ1) is 12.2. The Morgan fingerprint density at radius 1 is 1.40 bits per heavy atom. The molecule has 0 saturated carbocycles. The summed E-state index contributed by atoms with van der Waals surface area (Å²) < 4.78 is 16.0. The molecule has 1 aromatic carbocycles. The SMILES string of the molecule is CCc1nccn1[C@@H]1CCCN(C(=O)c2cc(F)cc3[nH]cnc23)C1. The second kappa shape index (κ2) is 6.31. The molecule has 1 aliphatic rings. The molecule has 0 bridgehead atoms. The summed E-state index contributed by atoms with van der Waals surface area (Å²) >= 11 is 0. The third-order valence-electron chi connectivity index (χ3n) is 4.86. The number of amides is 1. The second-order valence-corrected chi connectivity index (χ2v) is 6.40. The van der Waals surface area contributed by atoms with Gasteiger partial charge in [0.05, 0.1) is 23.4 Å². The van der Waals surface area contributed by atoms with E-state index in [1.165, 1.54) is 18.5 Å². The van der Waals surface area contributed by atoms with Crippen LogP contribution in [0.4, 0.5) is 4.39 Å².